The average Bonchev–Trinajstić information content (AvgIpc) is 3.44. The van der Waals surface area contributed by atoms with Crippen LogP contribution in [0.5, 0.6) is 0 Å². The first-order chi connectivity index (χ1) is 13.9. The van der Waals surface area contributed by atoms with Crippen LogP contribution in [0.15, 0.2) is 23.1 Å². The second-order valence-corrected chi connectivity index (χ2v) is 10.7. The van der Waals surface area contributed by atoms with Crippen LogP contribution in [0.2, 0.25) is 0 Å². The SMILES string of the molecule is CC(=O)N1CCc2ccc(S(=O)(=O)N3CC[C@@H]4[C@@H](CCC(=O)N4C4CC4)C3)cc21. The highest BCUT2D eigenvalue weighted by Crippen LogP contribution is 2.40. The van der Waals surface area contributed by atoms with E-state index >= 15 is 0 Å². The number of piperidine rings is 2. The maximum Gasteiger partial charge on any atom is 0.243 e. The van der Waals surface area contributed by atoms with E-state index in [-0.39, 0.29) is 28.7 Å². The summed E-state index contributed by atoms with van der Waals surface area (Å²) in [4.78, 5) is 28.2. The number of benzene rings is 1. The van der Waals surface area contributed by atoms with Crippen molar-refractivity contribution in [3.63, 3.8) is 0 Å². The van der Waals surface area contributed by atoms with Crippen molar-refractivity contribution < 1.29 is 18.0 Å². The van der Waals surface area contributed by atoms with E-state index in [1.807, 2.05) is 6.07 Å². The van der Waals surface area contributed by atoms with Gasteiger partial charge in [-0.25, -0.2) is 8.42 Å². The number of carbonyl (C=O) groups is 2. The molecule has 2 amide bonds. The Hall–Kier alpha value is -1.93. The molecule has 0 radical (unpaired) electrons. The number of amides is 2. The highest BCUT2D eigenvalue weighted by molar-refractivity contribution is 7.89. The molecule has 4 aliphatic rings. The van der Waals surface area contributed by atoms with E-state index in [0.717, 1.165) is 36.9 Å². The minimum absolute atomic E-state index is 0.0637. The molecule has 0 spiro atoms. The van der Waals surface area contributed by atoms with E-state index < -0.39 is 10.0 Å². The maximum absolute atomic E-state index is 13.4. The molecule has 0 aromatic heterocycles. The third-order valence-electron chi connectivity index (χ3n) is 6.94. The van der Waals surface area contributed by atoms with Gasteiger partial charge in [0, 0.05) is 50.7 Å². The summed E-state index contributed by atoms with van der Waals surface area (Å²) in [6, 6.07) is 5.74. The van der Waals surface area contributed by atoms with Gasteiger partial charge in [0.1, 0.15) is 0 Å². The number of fused-ring (bicyclic) bond motifs is 2. The van der Waals surface area contributed by atoms with Crippen LogP contribution in [0.1, 0.15) is 44.6 Å². The lowest BCUT2D eigenvalue weighted by molar-refractivity contribution is -0.141. The predicted molar refractivity (Wildman–Crippen MR) is 108 cm³/mol. The Morgan fingerprint density at radius 3 is 2.59 bits per heavy atom. The first-order valence-electron chi connectivity index (χ1n) is 10.6. The zero-order valence-corrected chi connectivity index (χ0v) is 17.5. The number of hydrogen-bond donors (Lipinski definition) is 0. The third-order valence-corrected chi connectivity index (χ3v) is 8.80. The number of rotatable bonds is 3. The molecule has 7 nitrogen and oxygen atoms in total. The zero-order valence-electron chi connectivity index (χ0n) is 16.7. The molecule has 0 unspecified atom stereocenters. The summed E-state index contributed by atoms with van der Waals surface area (Å²) in [7, 11) is -3.63. The van der Waals surface area contributed by atoms with Gasteiger partial charge in [-0.2, -0.15) is 4.31 Å². The Morgan fingerprint density at radius 2 is 1.86 bits per heavy atom. The first-order valence-corrected chi connectivity index (χ1v) is 12.0. The molecule has 3 aliphatic heterocycles. The number of anilines is 1. The van der Waals surface area contributed by atoms with Gasteiger partial charge in [0.2, 0.25) is 21.8 Å². The highest BCUT2D eigenvalue weighted by atomic mass is 32.2. The fourth-order valence-electron chi connectivity index (χ4n) is 5.30. The van der Waals surface area contributed by atoms with Gasteiger partial charge in [0.05, 0.1) is 4.90 Å². The van der Waals surface area contributed by atoms with Crippen LogP contribution in [-0.2, 0) is 26.0 Å². The average molecular weight is 418 g/mol. The lowest BCUT2D eigenvalue weighted by Gasteiger charge is -2.46. The van der Waals surface area contributed by atoms with Gasteiger partial charge in [-0.05, 0) is 55.7 Å². The van der Waals surface area contributed by atoms with E-state index in [4.69, 9.17) is 0 Å². The van der Waals surface area contributed by atoms with Crippen LogP contribution in [0.25, 0.3) is 0 Å². The Kier molecular flexibility index (Phi) is 4.47. The number of sulfonamides is 1. The van der Waals surface area contributed by atoms with Gasteiger partial charge in [-0.1, -0.05) is 6.07 Å². The van der Waals surface area contributed by atoms with Crippen molar-refractivity contribution in [2.45, 2.75) is 62.4 Å². The molecular formula is C21H27N3O4S. The summed E-state index contributed by atoms with van der Waals surface area (Å²) < 4.78 is 28.3. The van der Waals surface area contributed by atoms with Crippen molar-refractivity contribution in [3.05, 3.63) is 23.8 Å². The first kappa shape index (κ1) is 19.1. The fourth-order valence-corrected chi connectivity index (χ4v) is 6.83. The number of hydrogen-bond acceptors (Lipinski definition) is 4. The second-order valence-electron chi connectivity index (χ2n) is 8.76. The summed E-state index contributed by atoms with van der Waals surface area (Å²) in [6.45, 7) is 3.02. The topological polar surface area (TPSA) is 78.0 Å². The molecule has 8 heteroatoms. The van der Waals surface area contributed by atoms with Gasteiger partial charge in [-0.3, -0.25) is 9.59 Å². The number of likely N-dealkylation sites (tertiary alicyclic amines) is 1. The van der Waals surface area contributed by atoms with Crippen molar-refractivity contribution in [2.24, 2.45) is 5.92 Å². The molecule has 5 rings (SSSR count). The van der Waals surface area contributed by atoms with Crippen LogP contribution < -0.4 is 4.90 Å². The fraction of sp³-hybridized carbons (Fsp3) is 0.619. The molecule has 29 heavy (non-hydrogen) atoms. The van der Waals surface area contributed by atoms with E-state index in [9.17, 15) is 18.0 Å². The van der Waals surface area contributed by atoms with Crippen LogP contribution in [0.4, 0.5) is 5.69 Å². The van der Waals surface area contributed by atoms with Gasteiger partial charge >= 0.3 is 0 Å². The molecule has 1 aromatic rings. The minimum Gasteiger partial charge on any atom is -0.336 e. The molecule has 0 bridgehead atoms. The minimum atomic E-state index is -3.63. The molecular weight excluding hydrogens is 390 g/mol. The molecule has 0 N–H and O–H groups in total. The van der Waals surface area contributed by atoms with Crippen molar-refractivity contribution in [1.29, 1.82) is 0 Å². The van der Waals surface area contributed by atoms with Gasteiger partial charge in [0.15, 0.2) is 0 Å². The molecule has 1 saturated carbocycles. The maximum atomic E-state index is 13.4. The summed E-state index contributed by atoms with van der Waals surface area (Å²) >= 11 is 0. The van der Waals surface area contributed by atoms with Gasteiger partial charge < -0.3 is 9.80 Å². The van der Waals surface area contributed by atoms with E-state index in [1.165, 1.54) is 6.92 Å². The second kappa shape index (κ2) is 6.80. The summed E-state index contributed by atoms with van der Waals surface area (Å²) in [6.07, 6.45) is 4.92. The number of nitrogens with zero attached hydrogens (tertiary/aromatic N) is 3. The third kappa shape index (κ3) is 3.17. The van der Waals surface area contributed by atoms with E-state index in [0.29, 0.717) is 38.5 Å². The molecule has 1 aromatic carbocycles. The van der Waals surface area contributed by atoms with Crippen molar-refractivity contribution in [2.75, 3.05) is 24.5 Å². The molecule has 2 atom stereocenters. The molecule has 2 saturated heterocycles. The number of carbonyl (C=O) groups excluding carboxylic acids is 2. The lowest BCUT2D eigenvalue weighted by Crippen LogP contribution is -2.57. The van der Waals surface area contributed by atoms with E-state index in [1.54, 1.807) is 21.3 Å². The summed E-state index contributed by atoms with van der Waals surface area (Å²) in [5.74, 6) is 0.388. The summed E-state index contributed by atoms with van der Waals surface area (Å²) in [5.41, 5.74) is 1.74. The molecule has 3 heterocycles. The Labute approximate surface area is 171 Å². The normalized spacial score (nSPS) is 27.7. The Balaban J connectivity index is 1.38. The van der Waals surface area contributed by atoms with Crippen LogP contribution in [0.3, 0.4) is 0 Å². The van der Waals surface area contributed by atoms with Crippen LogP contribution >= 0.6 is 0 Å². The van der Waals surface area contributed by atoms with Gasteiger partial charge in [-0.15, -0.1) is 0 Å². The Bertz CT molecular complexity index is 972. The van der Waals surface area contributed by atoms with Crippen LogP contribution in [0, 0.1) is 5.92 Å². The van der Waals surface area contributed by atoms with E-state index in [2.05, 4.69) is 4.90 Å². The van der Waals surface area contributed by atoms with Crippen LogP contribution in [-0.4, -0.2) is 61.2 Å². The molecule has 156 valence electrons. The quantitative estimate of drug-likeness (QED) is 0.751. The monoisotopic (exact) mass is 417 g/mol. The summed E-state index contributed by atoms with van der Waals surface area (Å²) in [5, 5.41) is 0. The predicted octanol–water partition coefficient (Wildman–Crippen LogP) is 1.76. The smallest absolute Gasteiger partial charge is 0.243 e. The van der Waals surface area contributed by atoms with Gasteiger partial charge in [0.25, 0.3) is 0 Å². The largest absolute Gasteiger partial charge is 0.336 e. The van der Waals surface area contributed by atoms with Crippen molar-refractivity contribution in [3.8, 4) is 0 Å². The van der Waals surface area contributed by atoms with Crippen molar-refractivity contribution >= 4 is 27.5 Å². The zero-order chi connectivity index (χ0) is 20.3. The Morgan fingerprint density at radius 1 is 1.07 bits per heavy atom. The lowest BCUT2D eigenvalue weighted by atomic mass is 9.84. The molecule has 3 fully saturated rings. The standard InChI is InChI=1S/C21H27N3O4S/c1-14(25)23-11-8-15-2-6-18(12-20(15)23)29(27,28)22-10-9-19-16(13-22)3-7-21(26)24(19)17-4-5-17/h2,6,12,16-17,19H,3-5,7-11,13H2,1H3/t16-,19+/m0/s1. The molecule has 1 aliphatic carbocycles. The highest BCUT2D eigenvalue weighted by Gasteiger charge is 2.47. The van der Waals surface area contributed by atoms with Crippen molar-refractivity contribution in [1.82, 2.24) is 9.21 Å².